The number of amides is 2. The van der Waals surface area contributed by atoms with E-state index in [-0.39, 0.29) is 75.3 Å². The van der Waals surface area contributed by atoms with Gasteiger partial charge in [-0.1, -0.05) is 29.7 Å². The van der Waals surface area contributed by atoms with Gasteiger partial charge in [-0.05, 0) is 6.92 Å². The number of rotatable bonds is 13. The molecule has 0 rings (SSSR count). The van der Waals surface area contributed by atoms with Gasteiger partial charge >= 0.3 is 6.09 Å². The second-order valence-electron chi connectivity index (χ2n) is 5.17. The van der Waals surface area contributed by atoms with Crippen LogP contribution < -0.4 is 15.7 Å². The first-order chi connectivity index (χ1) is 11.3. The average molecular weight is 414 g/mol. The average Bonchev–Trinajstić information content (AvgIpc) is 2.50. The Kier molecular flexibility index (Phi) is 28.2. The predicted molar refractivity (Wildman–Crippen MR) is 107 cm³/mol. The summed E-state index contributed by atoms with van der Waals surface area (Å²) in [5.74, 6) is -1.58. The topological polar surface area (TPSA) is 135 Å². The first-order valence-corrected chi connectivity index (χ1v) is 7.33. The second kappa shape index (κ2) is 21.4. The molecule has 2 N–H and O–H groups in total. The molecule has 0 aliphatic rings. The summed E-state index contributed by atoms with van der Waals surface area (Å²) in [6, 6.07) is 0. The third kappa shape index (κ3) is 18.9. The number of aliphatic carboxylic acids is 1. The van der Waals surface area contributed by atoms with Crippen LogP contribution in [0.1, 0.15) is 43.6 Å². The van der Waals surface area contributed by atoms with Crippen molar-refractivity contribution in [3.8, 4) is 0 Å². The van der Waals surface area contributed by atoms with Gasteiger partial charge in [0.25, 0.3) is 0 Å². The van der Waals surface area contributed by atoms with Crippen LogP contribution in [0, 0.1) is 5.41 Å². The molecule has 172 valence electrons. The van der Waals surface area contributed by atoms with E-state index < -0.39 is 17.5 Å². The van der Waals surface area contributed by atoms with Crippen LogP contribution in [0.15, 0.2) is 0 Å². The van der Waals surface area contributed by atoms with Crippen molar-refractivity contribution in [3.63, 3.8) is 0 Å². The first kappa shape index (κ1) is 36.9. The third-order valence-corrected chi connectivity index (χ3v) is 2.80. The smallest absolute Gasteiger partial charge is 0.408 e. The maximum atomic E-state index is 11.2. The Labute approximate surface area is 170 Å². The van der Waals surface area contributed by atoms with Crippen molar-refractivity contribution in [2.45, 2.75) is 43.6 Å². The van der Waals surface area contributed by atoms with Crippen molar-refractivity contribution < 1.29 is 38.4 Å². The van der Waals surface area contributed by atoms with E-state index in [2.05, 4.69) is 10.6 Å². The van der Waals surface area contributed by atoms with E-state index in [1.165, 1.54) is 21.0 Å². The highest BCUT2D eigenvalue weighted by Gasteiger charge is 2.27. The van der Waals surface area contributed by atoms with Crippen molar-refractivity contribution in [2.75, 3.05) is 53.4 Å². The second-order valence-corrected chi connectivity index (χ2v) is 5.17. The Morgan fingerprint density at radius 3 is 1.82 bits per heavy atom. The van der Waals surface area contributed by atoms with E-state index in [0.717, 1.165) is 0 Å². The molecule has 28 heavy (non-hydrogen) atoms. The van der Waals surface area contributed by atoms with E-state index in [0.29, 0.717) is 6.61 Å². The number of carboxylic acid groups (broad SMARTS) is 1. The van der Waals surface area contributed by atoms with Crippen LogP contribution in [0.4, 0.5) is 4.79 Å². The highest BCUT2D eigenvalue weighted by atomic mass is 16.6. The molecule has 0 aromatic carbocycles. The zero-order valence-electron chi connectivity index (χ0n) is 14.2. The van der Waals surface area contributed by atoms with Gasteiger partial charge in [0.15, 0.2) is 0 Å². The summed E-state index contributed by atoms with van der Waals surface area (Å²) < 4.78 is 20.0. The van der Waals surface area contributed by atoms with E-state index in [1.807, 2.05) is 0 Å². The molecule has 0 bridgehead atoms. The summed E-state index contributed by atoms with van der Waals surface area (Å²) in [5, 5.41) is 15.9. The molecular formula is C18H41N2O8-. The van der Waals surface area contributed by atoms with E-state index in [4.69, 9.17) is 18.9 Å². The largest absolute Gasteiger partial charge is 0.549 e. The summed E-state index contributed by atoms with van der Waals surface area (Å²) >= 11 is 0. The molecule has 0 aromatic heterocycles. The lowest BCUT2D eigenvalue weighted by atomic mass is 9.93. The molecule has 10 nitrogen and oxygen atoms in total. The molecule has 0 saturated carbocycles. The maximum absolute atomic E-state index is 11.2. The molecule has 0 radical (unpaired) electrons. The summed E-state index contributed by atoms with van der Waals surface area (Å²) in [4.78, 5) is 33.0. The van der Waals surface area contributed by atoms with Gasteiger partial charge in [-0.3, -0.25) is 4.79 Å². The number of methoxy groups -OCH3 is 1. The monoisotopic (exact) mass is 413 g/mol. The van der Waals surface area contributed by atoms with E-state index >= 15 is 0 Å². The minimum atomic E-state index is -1.32. The zero-order valence-corrected chi connectivity index (χ0v) is 14.2. The van der Waals surface area contributed by atoms with Crippen LogP contribution in [-0.4, -0.2) is 71.4 Å². The van der Waals surface area contributed by atoms with Crippen LogP contribution in [0.3, 0.4) is 0 Å². The summed E-state index contributed by atoms with van der Waals surface area (Å²) in [6.07, 6.45) is -0.724. The van der Waals surface area contributed by atoms with Gasteiger partial charge in [-0.15, -0.1) is 0 Å². The molecule has 0 spiro atoms. The summed E-state index contributed by atoms with van der Waals surface area (Å²) in [7, 11) is 1.51. The van der Waals surface area contributed by atoms with Crippen LogP contribution in [0.2, 0.25) is 0 Å². The number of carboxylic acids is 1. The number of carbonyl (C=O) groups is 3. The molecule has 1 unspecified atom stereocenters. The van der Waals surface area contributed by atoms with E-state index in [1.54, 1.807) is 0 Å². The fourth-order valence-corrected chi connectivity index (χ4v) is 1.38. The lowest BCUT2D eigenvalue weighted by Crippen LogP contribution is -2.47. The van der Waals surface area contributed by atoms with E-state index in [9.17, 15) is 19.5 Å². The molecular weight excluding hydrogens is 372 g/mol. The Hall–Kier alpha value is -1.91. The van der Waals surface area contributed by atoms with Crippen molar-refractivity contribution in [1.82, 2.24) is 10.6 Å². The first-order valence-electron chi connectivity index (χ1n) is 7.33. The van der Waals surface area contributed by atoms with Crippen molar-refractivity contribution in [1.29, 1.82) is 0 Å². The van der Waals surface area contributed by atoms with Crippen LogP contribution in [0.25, 0.3) is 0 Å². The molecule has 2 amide bonds. The van der Waals surface area contributed by atoms with Crippen molar-refractivity contribution >= 4 is 18.0 Å². The van der Waals surface area contributed by atoms with Gasteiger partial charge in [-0.25, -0.2) is 4.79 Å². The molecule has 0 aromatic rings. The van der Waals surface area contributed by atoms with Crippen LogP contribution in [0.5, 0.6) is 0 Å². The zero-order chi connectivity index (χ0) is 18.4. The number of carbonyl (C=O) groups excluding carboxylic acids is 3. The molecule has 0 saturated heterocycles. The number of ether oxygens (including phenoxy) is 4. The molecule has 0 heterocycles. The molecule has 0 aliphatic carbocycles. The summed E-state index contributed by atoms with van der Waals surface area (Å²) in [5.41, 5.74) is -1.32. The van der Waals surface area contributed by atoms with Crippen molar-refractivity contribution in [3.05, 3.63) is 0 Å². The van der Waals surface area contributed by atoms with Gasteiger partial charge in [0, 0.05) is 14.0 Å². The molecule has 10 heteroatoms. The summed E-state index contributed by atoms with van der Waals surface area (Å²) in [6.45, 7) is 3.02. The SMILES string of the molecule is C.C.C.C.COCCOCC(C)(COCCOC(=O)NCNC(C)=O)C(=O)[O-]. The lowest BCUT2D eigenvalue weighted by Gasteiger charge is -2.30. The minimum absolute atomic E-state index is 0. The maximum Gasteiger partial charge on any atom is 0.408 e. The Bertz CT molecular complexity index is 407. The lowest BCUT2D eigenvalue weighted by molar-refractivity contribution is -0.322. The highest BCUT2D eigenvalue weighted by Crippen LogP contribution is 2.16. The van der Waals surface area contributed by atoms with Gasteiger partial charge in [0.1, 0.15) is 6.61 Å². The molecule has 0 aliphatic heterocycles. The predicted octanol–water partition coefficient (Wildman–Crippen LogP) is 0.786. The van der Waals surface area contributed by atoms with Crippen LogP contribution >= 0.6 is 0 Å². The minimum Gasteiger partial charge on any atom is -0.549 e. The standard InChI is InChI=1S/C14H26N2O8.4CH4/c1-11(17)15-10-16-13(20)24-7-6-23-9-14(2,12(18)19)8-22-5-4-21-3;;;;/h4-10H2,1-3H3,(H,15,17)(H,16,20)(H,18,19);4*1H4/p-1. The third-order valence-electron chi connectivity index (χ3n) is 2.80. The van der Waals surface area contributed by atoms with Crippen molar-refractivity contribution in [2.24, 2.45) is 5.41 Å². The quantitative estimate of drug-likeness (QED) is 0.334. The van der Waals surface area contributed by atoms with Crippen LogP contribution in [-0.2, 0) is 28.5 Å². The number of hydrogen-bond donors (Lipinski definition) is 2. The highest BCUT2D eigenvalue weighted by molar-refractivity contribution is 5.74. The number of alkyl carbamates (subject to hydrolysis) is 1. The number of nitrogens with one attached hydrogen (secondary N) is 2. The van der Waals surface area contributed by atoms with Gasteiger partial charge in [-0.2, -0.15) is 0 Å². The molecule has 0 fully saturated rings. The van der Waals surface area contributed by atoms with Gasteiger partial charge < -0.3 is 39.5 Å². The fourth-order valence-electron chi connectivity index (χ4n) is 1.38. The van der Waals surface area contributed by atoms with Gasteiger partial charge in [0.05, 0.1) is 51.1 Å². The Morgan fingerprint density at radius 2 is 1.39 bits per heavy atom. The Balaban J connectivity index is -0.000000441. The fraction of sp³-hybridized carbons (Fsp3) is 0.833. The molecule has 1 atom stereocenters. The normalized spacial score (nSPS) is 11.1. The van der Waals surface area contributed by atoms with Gasteiger partial charge in [0.2, 0.25) is 5.91 Å². The number of hydrogen-bond acceptors (Lipinski definition) is 8. The Morgan fingerprint density at radius 1 is 0.893 bits per heavy atom.